The molecule has 0 aliphatic heterocycles. The third-order valence-corrected chi connectivity index (χ3v) is 5.79. The second kappa shape index (κ2) is 8.61. The summed E-state index contributed by atoms with van der Waals surface area (Å²) in [6, 6.07) is 10.2. The fourth-order valence-electron chi connectivity index (χ4n) is 3.38. The summed E-state index contributed by atoms with van der Waals surface area (Å²) in [5, 5.41) is 9.48. The minimum atomic E-state index is 0.108. The van der Waals surface area contributed by atoms with Gasteiger partial charge in [0.15, 0.2) is 16.8 Å². The van der Waals surface area contributed by atoms with Gasteiger partial charge in [-0.15, -0.1) is 16.8 Å². The summed E-state index contributed by atoms with van der Waals surface area (Å²) >= 11 is 1.44. The Morgan fingerprint density at radius 1 is 1.18 bits per heavy atom. The van der Waals surface area contributed by atoms with Crippen LogP contribution in [0.2, 0.25) is 0 Å². The Labute approximate surface area is 170 Å². The number of aryl methyl sites for hydroxylation is 2. The zero-order valence-electron chi connectivity index (χ0n) is 16.9. The monoisotopic (exact) mass is 394 g/mol. The zero-order chi connectivity index (χ0) is 20.3. The van der Waals surface area contributed by atoms with Gasteiger partial charge in [-0.3, -0.25) is 4.79 Å². The van der Waals surface area contributed by atoms with Gasteiger partial charge in [-0.25, -0.2) is 0 Å². The van der Waals surface area contributed by atoms with E-state index in [1.807, 2.05) is 38.1 Å². The van der Waals surface area contributed by atoms with Crippen LogP contribution >= 0.6 is 11.8 Å². The van der Waals surface area contributed by atoms with Gasteiger partial charge in [0.2, 0.25) is 0 Å². The maximum Gasteiger partial charge on any atom is 0.191 e. The van der Waals surface area contributed by atoms with Crippen LogP contribution < -0.4 is 0 Å². The lowest BCUT2D eigenvalue weighted by Crippen LogP contribution is -2.07. The van der Waals surface area contributed by atoms with Crippen molar-refractivity contribution >= 4 is 17.5 Å². The molecule has 28 heavy (non-hydrogen) atoms. The van der Waals surface area contributed by atoms with Crippen LogP contribution in [-0.2, 0) is 13.1 Å². The van der Waals surface area contributed by atoms with Gasteiger partial charge in [-0.05, 0) is 39.8 Å². The molecule has 2 heterocycles. The van der Waals surface area contributed by atoms with Crippen LogP contribution in [0.3, 0.4) is 0 Å². The van der Waals surface area contributed by atoms with Crippen LogP contribution in [0.25, 0.3) is 11.4 Å². The molecule has 0 spiro atoms. The lowest BCUT2D eigenvalue weighted by molar-refractivity contribution is 0.102. The molecule has 0 N–H and O–H groups in total. The van der Waals surface area contributed by atoms with Crippen molar-refractivity contribution in [3.8, 4) is 11.4 Å². The minimum absolute atomic E-state index is 0.108. The standard InChI is InChI=1S/C22H26N4OS/c1-6-11-26-16(4)13-19(17(26)5)20(27)14-28-22-24-23-21(25(22)7-2)18-10-8-9-15(3)12-18/h6,8-10,12-13H,1,7,11,14H2,2-5H3. The second-order valence-electron chi connectivity index (χ2n) is 6.82. The molecule has 3 aromatic rings. The Kier molecular flexibility index (Phi) is 6.19. The number of nitrogens with zero attached hydrogens (tertiary/aromatic N) is 4. The molecule has 1 aromatic carbocycles. The van der Waals surface area contributed by atoms with Gasteiger partial charge in [0, 0.05) is 35.6 Å². The SMILES string of the molecule is C=CCn1c(C)cc(C(=O)CSc2nnc(-c3cccc(C)c3)n2CC)c1C. The molecule has 6 heteroatoms. The highest BCUT2D eigenvalue weighted by molar-refractivity contribution is 7.99. The number of benzene rings is 1. The van der Waals surface area contributed by atoms with E-state index in [4.69, 9.17) is 0 Å². The van der Waals surface area contributed by atoms with Crippen molar-refractivity contribution in [2.24, 2.45) is 0 Å². The van der Waals surface area contributed by atoms with Gasteiger partial charge < -0.3 is 9.13 Å². The summed E-state index contributed by atoms with van der Waals surface area (Å²) in [4.78, 5) is 12.8. The average Bonchev–Trinajstić information content (AvgIpc) is 3.22. The zero-order valence-corrected chi connectivity index (χ0v) is 17.7. The van der Waals surface area contributed by atoms with Crippen molar-refractivity contribution in [2.45, 2.75) is 45.9 Å². The molecule has 0 aliphatic rings. The fraction of sp³-hybridized carbons (Fsp3) is 0.318. The highest BCUT2D eigenvalue weighted by Crippen LogP contribution is 2.26. The van der Waals surface area contributed by atoms with Crippen LogP contribution in [-0.4, -0.2) is 30.9 Å². The quantitative estimate of drug-likeness (QED) is 0.311. The smallest absolute Gasteiger partial charge is 0.191 e. The van der Waals surface area contributed by atoms with Crippen molar-refractivity contribution in [1.29, 1.82) is 0 Å². The number of hydrogen-bond acceptors (Lipinski definition) is 4. The summed E-state index contributed by atoms with van der Waals surface area (Å²) in [6.07, 6.45) is 1.85. The third kappa shape index (κ3) is 3.97. The van der Waals surface area contributed by atoms with Crippen molar-refractivity contribution in [3.63, 3.8) is 0 Å². The van der Waals surface area contributed by atoms with Gasteiger partial charge in [-0.2, -0.15) is 0 Å². The summed E-state index contributed by atoms with van der Waals surface area (Å²) in [5.41, 5.74) is 5.06. The Bertz CT molecular complexity index is 1020. The molecule has 2 aromatic heterocycles. The molecule has 0 saturated carbocycles. The first kappa shape index (κ1) is 20.1. The van der Waals surface area contributed by atoms with Crippen molar-refractivity contribution in [1.82, 2.24) is 19.3 Å². The van der Waals surface area contributed by atoms with Crippen LogP contribution in [0.5, 0.6) is 0 Å². The Hall–Kier alpha value is -2.60. The summed E-state index contributed by atoms with van der Waals surface area (Å²) in [7, 11) is 0. The van der Waals surface area contributed by atoms with E-state index in [0.717, 1.165) is 40.0 Å². The molecule has 0 bridgehead atoms. The first-order valence-corrected chi connectivity index (χ1v) is 10.4. The number of thioether (sulfide) groups is 1. The number of hydrogen-bond donors (Lipinski definition) is 0. The van der Waals surface area contributed by atoms with Gasteiger partial charge >= 0.3 is 0 Å². The van der Waals surface area contributed by atoms with Crippen LogP contribution in [0.1, 0.15) is 34.2 Å². The maximum absolute atomic E-state index is 12.8. The molecule has 0 saturated heterocycles. The summed E-state index contributed by atoms with van der Waals surface area (Å²) in [5.74, 6) is 1.28. The Morgan fingerprint density at radius 3 is 2.64 bits per heavy atom. The lowest BCUT2D eigenvalue weighted by Gasteiger charge is -2.08. The highest BCUT2D eigenvalue weighted by Gasteiger charge is 2.18. The van der Waals surface area contributed by atoms with E-state index in [9.17, 15) is 4.79 Å². The molecule has 5 nitrogen and oxygen atoms in total. The number of carbonyl (C=O) groups is 1. The summed E-state index contributed by atoms with van der Waals surface area (Å²) < 4.78 is 4.17. The fourth-order valence-corrected chi connectivity index (χ4v) is 4.27. The molecule has 0 atom stereocenters. The van der Waals surface area contributed by atoms with Crippen molar-refractivity contribution in [3.05, 3.63) is 65.5 Å². The molecule has 0 aliphatic carbocycles. The highest BCUT2D eigenvalue weighted by atomic mass is 32.2. The second-order valence-corrected chi connectivity index (χ2v) is 7.76. The van der Waals surface area contributed by atoms with Gasteiger partial charge in [0.25, 0.3) is 0 Å². The van der Waals surface area contributed by atoms with E-state index in [0.29, 0.717) is 12.3 Å². The average molecular weight is 395 g/mol. The lowest BCUT2D eigenvalue weighted by atomic mass is 10.1. The molecular formula is C22H26N4OS. The maximum atomic E-state index is 12.8. The number of allylic oxidation sites excluding steroid dienone is 1. The molecular weight excluding hydrogens is 368 g/mol. The Morgan fingerprint density at radius 2 is 1.96 bits per heavy atom. The molecule has 146 valence electrons. The van der Waals surface area contributed by atoms with Gasteiger partial charge in [-0.1, -0.05) is 41.6 Å². The number of carbonyl (C=O) groups excluding carboxylic acids is 1. The van der Waals surface area contributed by atoms with E-state index >= 15 is 0 Å². The van der Waals surface area contributed by atoms with Gasteiger partial charge in [0.05, 0.1) is 5.75 Å². The molecule has 3 rings (SSSR count). The first-order valence-electron chi connectivity index (χ1n) is 9.40. The van der Waals surface area contributed by atoms with Crippen LogP contribution in [0, 0.1) is 20.8 Å². The Balaban J connectivity index is 1.79. The van der Waals surface area contributed by atoms with Crippen LogP contribution in [0.4, 0.5) is 0 Å². The molecule has 0 fully saturated rings. The normalized spacial score (nSPS) is 11.0. The number of rotatable bonds is 8. The van der Waals surface area contributed by atoms with Crippen molar-refractivity contribution in [2.75, 3.05) is 5.75 Å². The largest absolute Gasteiger partial charge is 0.345 e. The van der Waals surface area contributed by atoms with E-state index in [2.05, 4.69) is 51.9 Å². The molecule has 0 radical (unpaired) electrons. The topological polar surface area (TPSA) is 52.7 Å². The first-order chi connectivity index (χ1) is 13.5. The van der Waals surface area contributed by atoms with E-state index in [1.54, 1.807) is 0 Å². The minimum Gasteiger partial charge on any atom is -0.345 e. The molecule has 0 amide bonds. The number of Topliss-reactive ketones (excluding diaryl/α,β-unsaturated/α-hetero) is 1. The number of ketones is 1. The van der Waals surface area contributed by atoms with E-state index in [1.165, 1.54) is 17.3 Å². The molecule has 0 unspecified atom stereocenters. The number of aromatic nitrogens is 4. The summed E-state index contributed by atoms with van der Waals surface area (Å²) in [6.45, 7) is 13.4. The van der Waals surface area contributed by atoms with E-state index < -0.39 is 0 Å². The third-order valence-electron chi connectivity index (χ3n) is 4.83. The predicted octanol–water partition coefficient (Wildman–Crippen LogP) is 4.85. The van der Waals surface area contributed by atoms with Crippen LogP contribution in [0.15, 0.2) is 48.1 Å². The van der Waals surface area contributed by atoms with Crippen molar-refractivity contribution < 1.29 is 4.79 Å². The predicted molar refractivity (Wildman–Crippen MR) is 115 cm³/mol. The van der Waals surface area contributed by atoms with Gasteiger partial charge in [0.1, 0.15) is 0 Å². The van der Waals surface area contributed by atoms with E-state index in [-0.39, 0.29) is 5.78 Å².